The Morgan fingerprint density at radius 3 is 2.56 bits per heavy atom. The molecule has 11 heteroatoms. The van der Waals surface area contributed by atoms with Gasteiger partial charge in [-0.25, -0.2) is 8.42 Å². The summed E-state index contributed by atoms with van der Waals surface area (Å²) in [5.74, 6) is -0.528. The van der Waals surface area contributed by atoms with Gasteiger partial charge in [-0.1, -0.05) is 42.1 Å². The monoisotopic (exact) mass is 484 g/mol. The zero-order chi connectivity index (χ0) is 23.1. The average Bonchev–Trinajstić information content (AvgIpc) is 3.18. The third-order valence-corrected chi connectivity index (χ3v) is 8.50. The highest BCUT2D eigenvalue weighted by molar-refractivity contribution is 8.16. The third-order valence-electron chi connectivity index (χ3n) is 5.29. The van der Waals surface area contributed by atoms with Gasteiger partial charge in [-0.2, -0.15) is 18.2 Å². The largest absolute Gasteiger partial charge is 0.496 e. The number of ether oxygens (including phenoxy) is 1. The molecule has 6 nitrogen and oxygen atoms in total. The lowest BCUT2D eigenvalue weighted by Gasteiger charge is -2.27. The van der Waals surface area contributed by atoms with Crippen molar-refractivity contribution in [2.75, 3.05) is 23.5 Å². The van der Waals surface area contributed by atoms with Gasteiger partial charge in [0.1, 0.15) is 5.75 Å². The second-order valence-corrected chi connectivity index (χ2v) is 10.8. The predicted octanol–water partition coefficient (Wildman–Crippen LogP) is 3.56. The number of hydrogen-bond acceptors (Lipinski definition) is 5. The van der Waals surface area contributed by atoms with Crippen LogP contribution in [0.1, 0.15) is 11.1 Å². The smallest absolute Gasteiger partial charge is 0.418 e. The first-order valence-electron chi connectivity index (χ1n) is 9.65. The summed E-state index contributed by atoms with van der Waals surface area (Å²) in [7, 11) is -1.93. The number of sulfone groups is 1. The Kier molecular flexibility index (Phi) is 5.97. The van der Waals surface area contributed by atoms with Gasteiger partial charge in [0, 0.05) is 10.8 Å². The minimum absolute atomic E-state index is 0.0755. The molecule has 2 fully saturated rings. The van der Waals surface area contributed by atoms with E-state index in [0.29, 0.717) is 11.3 Å². The highest BCUT2D eigenvalue weighted by Crippen LogP contribution is 2.45. The van der Waals surface area contributed by atoms with Crippen LogP contribution in [0, 0.1) is 0 Å². The number of amidine groups is 1. The van der Waals surface area contributed by atoms with Crippen LogP contribution >= 0.6 is 11.8 Å². The summed E-state index contributed by atoms with van der Waals surface area (Å²) in [5, 5.41) is -0.425. The zero-order valence-corrected chi connectivity index (χ0v) is 18.5. The lowest BCUT2D eigenvalue weighted by molar-refractivity contribution is -0.137. The standard InChI is InChI=1S/C21H19F3N2O4S2/c1-30-17-9-5-2-6-13(17)10-19(27)25-20-26(16-11-32(28,29)12-18(16)31-20)15-8-4-3-7-14(15)21(22,23)24/h2-9,16,18H,10-12H2,1H3. The molecule has 0 N–H and O–H groups in total. The van der Waals surface area contributed by atoms with E-state index < -0.39 is 38.8 Å². The number of halogens is 3. The molecule has 2 atom stereocenters. The van der Waals surface area contributed by atoms with Crippen LogP contribution in [0.25, 0.3) is 0 Å². The van der Waals surface area contributed by atoms with Crippen LogP contribution in [0.4, 0.5) is 18.9 Å². The van der Waals surface area contributed by atoms with Gasteiger partial charge in [-0.3, -0.25) is 4.79 Å². The molecule has 0 aliphatic carbocycles. The maximum atomic E-state index is 13.7. The number of anilines is 1. The Morgan fingerprint density at radius 1 is 1.16 bits per heavy atom. The molecule has 2 aliphatic rings. The van der Waals surface area contributed by atoms with Crippen molar-refractivity contribution in [2.45, 2.75) is 23.9 Å². The number of para-hydroxylation sites is 2. The Morgan fingerprint density at radius 2 is 1.84 bits per heavy atom. The lowest BCUT2D eigenvalue weighted by Crippen LogP contribution is -2.39. The molecule has 4 rings (SSSR count). The van der Waals surface area contributed by atoms with E-state index in [0.717, 1.165) is 17.8 Å². The fourth-order valence-corrected chi connectivity index (χ4v) is 7.85. The van der Waals surface area contributed by atoms with Crippen molar-refractivity contribution < 1.29 is 31.1 Å². The van der Waals surface area contributed by atoms with Crippen molar-refractivity contribution in [2.24, 2.45) is 4.99 Å². The van der Waals surface area contributed by atoms with E-state index in [9.17, 15) is 26.4 Å². The Labute approximate surface area is 187 Å². The van der Waals surface area contributed by atoms with Gasteiger partial charge in [0.05, 0.1) is 42.3 Å². The molecule has 32 heavy (non-hydrogen) atoms. The van der Waals surface area contributed by atoms with E-state index in [2.05, 4.69) is 4.99 Å². The van der Waals surface area contributed by atoms with Crippen LogP contribution < -0.4 is 9.64 Å². The fraction of sp³-hybridized carbons (Fsp3) is 0.333. The lowest BCUT2D eigenvalue weighted by atomic mass is 10.1. The van der Waals surface area contributed by atoms with Crippen LogP contribution in [-0.2, 0) is 27.2 Å². The average molecular weight is 485 g/mol. The molecule has 2 aromatic carbocycles. The zero-order valence-electron chi connectivity index (χ0n) is 16.9. The summed E-state index contributed by atoms with van der Waals surface area (Å²) < 4.78 is 70.6. The fourth-order valence-electron chi connectivity index (χ4n) is 3.93. The summed E-state index contributed by atoms with van der Waals surface area (Å²) in [5.41, 5.74) is -0.520. The number of methoxy groups -OCH3 is 1. The molecule has 2 heterocycles. The minimum atomic E-state index is -4.65. The second kappa shape index (κ2) is 8.43. The van der Waals surface area contributed by atoms with Crippen molar-refractivity contribution in [3.8, 4) is 5.75 Å². The van der Waals surface area contributed by atoms with Crippen molar-refractivity contribution in [1.29, 1.82) is 0 Å². The van der Waals surface area contributed by atoms with Gasteiger partial charge < -0.3 is 9.64 Å². The molecule has 2 saturated heterocycles. The number of rotatable bonds is 4. The molecule has 0 radical (unpaired) electrons. The van der Waals surface area contributed by atoms with Crippen LogP contribution in [0.15, 0.2) is 53.5 Å². The van der Waals surface area contributed by atoms with Crippen LogP contribution in [0.3, 0.4) is 0 Å². The van der Waals surface area contributed by atoms with Gasteiger partial charge in [0.15, 0.2) is 15.0 Å². The Hall–Kier alpha value is -2.53. The van der Waals surface area contributed by atoms with E-state index >= 15 is 0 Å². The first kappa shape index (κ1) is 22.7. The molecule has 170 valence electrons. The molecule has 2 aromatic rings. The third kappa shape index (κ3) is 4.49. The van der Waals surface area contributed by atoms with Crippen molar-refractivity contribution in [1.82, 2.24) is 0 Å². The number of benzene rings is 2. The molecular weight excluding hydrogens is 465 g/mol. The first-order valence-corrected chi connectivity index (χ1v) is 12.3. The summed E-state index contributed by atoms with van der Waals surface area (Å²) in [6.07, 6.45) is -4.75. The summed E-state index contributed by atoms with van der Waals surface area (Å²) in [6, 6.07) is 11.1. The second-order valence-electron chi connectivity index (χ2n) is 7.46. The van der Waals surface area contributed by atoms with Gasteiger partial charge in [0.2, 0.25) is 0 Å². The topological polar surface area (TPSA) is 76.0 Å². The van der Waals surface area contributed by atoms with E-state index in [1.807, 2.05) is 0 Å². The highest BCUT2D eigenvalue weighted by atomic mass is 32.2. The van der Waals surface area contributed by atoms with E-state index in [-0.39, 0.29) is 28.8 Å². The SMILES string of the molecule is COc1ccccc1CC(=O)N=C1SC2CS(=O)(=O)CC2N1c1ccccc1C(F)(F)F. The van der Waals surface area contributed by atoms with Gasteiger partial charge in [0.25, 0.3) is 5.91 Å². The van der Waals surface area contributed by atoms with Crippen LogP contribution in [0.2, 0.25) is 0 Å². The van der Waals surface area contributed by atoms with Crippen LogP contribution in [-0.4, -0.2) is 49.4 Å². The molecule has 2 aliphatic heterocycles. The molecule has 0 aromatic heterocycles. The summed E-state index contributed by atoms with van der Waals surface area (Å²) >= 11 is 1.03. The number of thioether (sulfide) groups is 1. The van der Waals surface area contributed by atoms with Crippen LogP contribution in [0.5, 0.6) is 5.75 Å². The summed E-state index contributed by atoms with van der Waals surface area (Å²) in [6.45, 7) is 0. The minimum Gasteiger partial charge on any atom is -0.496 e. The maximum Gasteiger partial charge on any atom is 0.418 e. The predicted molar refractivity (Wildman–Crippen MR) is 117 cm³/mol. The number of fused-ring (bicyclic) bond motifs is 1. The molecule has 2 unspecified atom stereocenters. The van der Waals surface area contributed by atoms with Crippen molar-refractivity contribution >= 4 is 38.4 Å². The molecule has 0 bridgehead atoms. The highest BCUT2D eigenvalue weighted by Gasteiger charge is 2.51. The summed E-state index contributed by atoms with van der Waals surface area (Å²) in [4.78, 5) is 18.1. The van der Waals surface area contributed by atoms with Gasteiger partial charge in [-0.15, -0.1) is 0 Å². The number of nitrogens with zero attached hydrogens (tertiary/aromatic N) is 2. The number of carbonyl (C=O) groups excluding carboxylic acids is 1. The van der Waals surface area contributed by atoms with E-state index in [4.69, 9.17) is 4.74 Å². The molecule has 0 saturated carbocycles. The molecule has 1 amide bonds. The number of alkyl halides is 3. The first-order chi connectivity index (χ1) is 15.1. The number of amides is 1. The van der Waals surface area contributed by atoms with E-state index in [1.54, 1.807) is 24.3 Å². The Balaban J connectivity index is 1.72. The van der Waals surface area contributed by atoms with Gasteiger partial charge >= 0.3 is 6.18 Å². The van der Waals surface area contributed by atoms with Crippen molar-refractivity contribution in [3.05, 3.63) is 59.7 Å². The Bertz CT molecular complexity index is 1180. The number of aliphatic imine (C=N–C) groups is 1. The number of carbonyl (C=O) groups is 1. The molecular formula is C21H19F3N2O4S2. The van der Waals surface area contributed by atoms with Crippen molar-refractivity contribution in [3.63, 3.8) is 0 Å². The van der Waals surface area contributed by atoms with E-state index in [1.165, 1.54) is 30.2 Å². The molecule has 0 spiro atoms. The van der Waals surface area contributed by atoms with Gasteiger partial charge in [-0.05, 0) is 18.2 Å². The quantitative estimate of drug-likeness (QED) is 0.661. The maximum absolute atomic E-state index is 13.7. The number of hydrogen-bond donors (Lipinski definition) is 0. The normalized spacial score (nSPS) is 23.4.